The quantitative estimate of drug-likeness (QED) is 0.843. The number of aromatic carboxylic acids is 1. The average Bonchev–Trinajstić information content (AvgIpc) is 2.39. The molecule has 0 fully saturated rings. The number of carbonyl (C=O) groups is 1. The Hall–Kier alpha value is -2.20. The van der Waals surface area contributed by atoms with Crippen molar-refractivity contribution < 1.29 is 15.0 Å². The second-order valence-corrected chi connectivity index (χ2v) is 3.63. The zero-order chi connectivity index (χ0) is 12.3. The van der Waals surface area contributed by atoms with E-state index in [1.807, 2.05) is 18.2 Å². The van der Waals surface area contributed by atoms with Gasteiger partial charge in [-0.1, -0.05) is 18.2 Å². The fourth-order valence-electron chi connectivity index (χ4n) is 1.56. The number of carboxylic acids is 1. The van der Waals surface area contributed by atoms with Crippen molar-refractivity contribution in [3.8, 4) is 11.1 Å². The minimum atomic E-state index is -1.00. The van der Waals surface area contributed by atoms with Crippen molar-refractivity contribution >= 4 is 5.97 Å². The summed E-state index contributed by atoms with van der Waals surface area (Å²) in [6.45, 7) is -0.0418. The molecule has 86 valence electrons. The van der Waals surface area contributed by atoms with Gasteiger partial charge in [-0.05, 0) is 23.3 Å². The first-order valence-electron chi connectivity index (χ1n) is 5.09. The summed E-state index contributed by atoms with van der Waals surface area (Å²) >= 11 is 0. The Labute approximate surface area is 98.2 Å². The molecule has 17 heavy (non-hydrogen) atoms. The fraction of sp³-hybridized carbons (Fsp3) is 0.0769. The summed E-state index contributed by atoms with van der Waals surface area (Å²) in [5, 5.41) is 17.9. The SMILES string of the molecule is O=C(O)c1cncc(-c2cccc(CO)c2)c1. The Morgan fingerprint density at radius 2 is 2.00 bits per heavy atom. The maximum atomic E-state index is 10.8. The summed E-state index contributed by atoms with van der Waals surface area (Å²) < 4.78 is 0. The Kier molecular flexibility index (Phi) is 3.16. The molecular weight excluding hydrogens is 218 g/mol. The molecule has 1 aromatic heterocycles. The molecule has 4 heteroatoms. The third-order valence-electron chi connectivity index (χ3n) is 2.43. The van der Waals surface area contributed by atoms with Crippen molar-refractivity contribution in [3.05, 3.63) is 53.9 Å². The average molecular weight is 229 g/mol. The van der Waals surface area contributed by atoms with Gasteiger partial charge in [-0.15, -0.1) is 0 Å². The molecular formula is C13H11NO3. The smallest absolute Gasteiger partial charge is 0.337 e. The van der Waals surface area contributed by atoms with E-state index < -0.39 is 5.97 Å². The van der Waals surface area contributed by atoms with E-state index in [2.05, 4.69) is 4.98 Å². The van der Waals surface area contributed by atoms with Crippen molar-refractivity contribution in [1.82, 2.24) is 4.98 Å². The van der Waals surface area contributed by atoms with Crippen molar-refractivity contribution in [1.29, 1.82) is 0 Å². The standard InChI is InChI=1S/C13H11NO3/c15-8-9-2-1-3-10(4-9)11-5-12(13(16)17)7-14-6-11/h1-7,15H,8H2,(H,16,17). The van der Waals surface area contributed by atoms with Crippen LogP contribution in [0.25, 0.3) is 11.1 Å². The van der Waals surface area contributed by atoms with Crippen LogP contribution in [0.4, 0.5) is 0 Å². The molecule has 1 heterocycles. The molecule has 2 aromatic rings. The van der Waals surface area contributed by atoms with Crippen LogP contribution in [0.5, 0.6) is 0 Å². The molecule has 1 aromatic carbocycles. The van der Waals surface area contributed by atoms with Gasteiger partial charge in [-0.25, -0.2) is 4.79 Å². The fourth-order valence-corrected chi connectivity index (χ4v) is 1.56. The van der Waals surface area contributed by atoms with Crippen LogP contribution in [0.2, 0.25) is 0 Å². The molecule has 0 bridgehead atoms. The lowest BCUT2D eigenvalue weighted by molar-refractivity contribution is 0.0696. The number of aliphatic hydroxyl groups excluding tert-OH is 1. The second-order valence-electron chi connectivity index (χ2n) is 3.63. The summed E-state index contributed by atoms with van der Waals surface area (Å²) in [6, 6.07) is 8.84. The molecule has 2 rings (SSSR count). The zero-order valence-corrected chi connectivity index (χ0v) is 9.00. The van der Waals surface area contributed by atoms with Gasteiger partial charge in [0.05, 0.1) is 12.2 Å². The topological polar surface area (TPSA) is 70.4 Å². The maximum absolute atomic E-state index is 10.8. The lowest BCUT2D eigenvalue weighted by atomic mass is 10.0. The lowest BCUT2D eigenvalue weighted by Gasteiger charge is -2.04. The van der Waals surface area contributed by atoms with Gasteiger partial charge in [0.15, 0.2) is 0 Å². The highest BCUT2D eigenvalue weighted by Crippen LogP contribution is 2.20. The highest BCUT2D eigenvalue weighted by atomic mass is 16.4. The normalized spacial score (nSPS) is 10.2. The molecule has 0 saturated carbocycles. The van der Waals surface area contributed by atoms with Crippen LogP contribution in [0.15, 0.2) is 42.7 Å². The van der Waals surface area contributed by atoms with Crippen molar-refractivity contribution in [2.75, 3.05) is 0 Å². The van der Waals surface area contributed by atoms with E-state index in [9.17, 15) is 4.79 Å². The molecule has 0 saturated heterocycles. The largest absolute Gasteiger partial charge is 0.478 e. The predicted octanol–water partition coefficient (Wildman–Crippen LogP) is 1.94. The van der Waals surface area contributed by atoms with E-state index in [-0.39, 0.29) is 12.2 Å². The maximum Gasteiger partial charge on any atom is 0.337 e. The molecule has 4 nitrogen and oxygen atoms in total. The first-order valence-corrected chi connectivity index (χ1v) is 5.09. The van der Waals surface area contributed by atoms with E-state index in [0.29, 0.717) is 0 Å². The van der Waals surface area contributed by atoms with E-state index in [0.717, 1.165) is 16.7 Å². The number of nitrogens with zero attached hydrogens (tertiary/aromatic N) is 1. The minimum Gasteiger partial charge on any atom is -0.478 e. The Morgan fingerprint density at radius 1 is 1.18 bits per heavy atom. The van der Waals surface area contributed by atoms with Gasteiger partial charge in [-0.2, -0.15) is 0 Å². The number of pyridine rings is 1. The number of hydrogen-bond donors (Lipinski definition) is 2. The first-order chi connectivity index (χ1) is 8.20. The van der Waals surface area contributed by atoms with Crippen LogP contribution in [0.3, 0.4) is 0 Å². The van der Waals surface area contributed by atoms with Crippen LogP contribution >= 0.6 is 0 Å². The highest BCUT2D eigenvalue weighted by molar-refractivity contribution is 5.88. The zero-order valence-electron chi connectivity index (χ0n) is 9.00. The van der Waals surface area contributed by atoms with Crippen LogP contribution in [0.1, 0.15) is 15.9 Å². The molecule has 0 aliphatic carbocycles. The van der Waals surface area contributed by atoms with Crippen LogP contribution in [-0.4, -0.2) is 21.2 Å². The Bertz CT molecular complexity index is 552. The molecule has 0 unspecified atom stereocenters. The monoisotopic (exact) mass is 229 g/mol. The minimum absolute atomic E-state index is 0.0418. The molecule has 2 N–H and O–H groups in total. The predicted molar refractivity (Wildman–Crippen MR) is 62.6 cm³/mol. The van der Waals surface area contributed by atoms with Crippen molar-refractivity contribution in [2.45, 2.75) is 6.61 Å². The summed E-state index contributed by atoms with van der Waals surface area (Å²) in [4.78, 5) is 14.7. The highest BCUT2D eigenvalue weighted by Gasteiger charge is 2.05. The molecule has 0 aliphatic rings. The van der Waals surface area contributed by atoms with Crippen molar-refractivity contribution in [2.24, 2.45) is 0 Å². The number of hydrogen-bond acceptors (Lipinski definition) is 3. The Balaban J connectivity index is 2.45. The van der Waals surface area contributed by atoms with Crippen LogP contribution in [0, 0.1) is 0 Å². The number of aliphatic hydroxyl groups is 1. The van der Waals surface area contributed by atoms with E-state index >= 15 is 0 Å². The van der Waals surface area contributed by atoms with Crippen LogP contribution in [-0.2, 0) is 6.61 Å². The van der Waals surface area contributed by atoms with Gasteiger partial charge in [0, 0.05) is 18.0 Å². The number of aromatic nitrogens is 1. The molecule has 0 amide bonds. The summed E-state index contributed by atoms with van der Waals surface area (Å²) in [7, 11) is 0. The molecule has 0 aliphatic heterocycles. The van der Waals surface area contributed by atoms with Gasteiger partial charge in [-0.3, -0.25) is 4.98 Å². The third kappa shape index (κ3) is 2.49. The van der Waals surface area contributed by atoms with Gasteiger partial charge in [0.1, 0.15) is 0 Å². The first kappa shape index (κ1) is 11.3. The lowest BCUT2D eigenvalue weighted by Crippen LogP contribution is -1.97. The Morgan fingerprint density at radius 3 is 2.71 bits per heavy atom. The van der Waals surface area contributed by atoms with Gasteiger partial charge < -0.3 is 10.2 Å². The molecule has 0 radical (unpaired) electrons. The van der Waals surface area contributed by atoms with E-state index in [1.54, 1.807) is 18.3 Å². The van der Waals surface area contributed by atoms with Gasteiger partial charge in [0.2, 0.25) is 0 Å². The summed E-state index contributed by atoms with van der Waals surface area (Å²) in [6.07, 6.45) is 2.91. The number of rotatable bonds is 3. The van der Waals surface area contributed by atoms with E-state index in [1.165, 1.54) is 6.20 Å². The van der Waals surface area contributed by atoms with Gasteiger partial charge in [0.25, 0.3) is 0 Å². The van der Waals surface area contributed by atoms with Gasteiger partial charge >= 0.3 is 5.97 Å². The number of benzene rings is 1. The molecule has 0 atom stereocenters. The van der Waals surface area contributed by atoms with Crippen LogP contribution < -0.4 is 0 Å². The summed E-state index contributed by atoms with van der Waals surface area (Å²) in [5.74, 6) is -1.00. The molecule has 0 spiro atoms. The number of carboxylic acid groups (broad SMARTS) is 1. The second kappa shape index (κ2) is 4.76. The van der Waals surface area contributed by atoms with Crippen molar-refractivity contribution in [3.63, 3.8) is 0 Å². The summed E-state index contributed by atoms with van der Waals surface area (Å²) in [5.41, 5.74) is 2.49. The van der Waals surface area contributed by atoms with E-state index in [4.69, 9.17) is 10.2 Å². The third-order valence-corrected chi connectivity index (χ3v) is 2.43.